The predicted octanol–water partition coefficient (Wildman–Crippen LogP) is 6.56. The Labute approximate surface area is 214 Å². The highest BCUT2D eigenvalue weighted by Crippen LogP contribution is 2.38. The number of nitrogens with one attached hydrogen (secondary N) is 1. The molecule has 1 atom stereocenters. The van der Waals surface area contributed by atoms with Crippen LogP contribution in [0.3, 0.4) is 0 Å². The van der Waals surface area contributed by atoms with Gasteiger partial charge < -0.3 is 14.8 Å². The van der Waals surface area contributed by atoms with Crippen LogP contribution in [0, 0.1) is 19.7 Å². The van der Waals surface area contributed by atoms with Gasteiger partial charge in [-0.15, -0.1) is 0 Å². The van der Waals surface area contributed by atoms with Crippen LogP contribution in [0.5, 0.6) is 0 Å². The SMILES string of the molecule is Cc1ccc(C2c3cccn3-c3c(c(C)nn3-c3ccccc3)CN2C(=O)Nc2ccccc2F)cc1. The minimum Gasteiger partial charge on any atom is -0.307 e. The Kier molecular flexibility index (Phi) is 5.60. The van der Waals surface area contributed by atoms with Crippen LogP contribution in [0.1, 0.15) is 34.1 Å². The summed E-state index contributed by atoms with van der Waals surface area (Å²) in [5.74, 6) is 0.414. The number of para-hydroxylation sites is 2. The van der Waals surface area contributed by atoms with Crippen molar-refractivity contribution >= 4 is 11.7 Å². The molecule has 1 aliphatic heterocycles. The van der Waals surface area contributed by atoms with E-state index >= 15 is 0 Å². The fourth-order valence-corrected chi connectivity index (χ4v) is 5.00. The molecule has 3 aromatic carbocycles. The van der Waals surface area contributed by atoms with Crippen molar-refractivity contribution in [1.82, 2.24) is 19.2 Å². The molecule has 6 nitrogen and oxygen atoms in total. The van der Waals surface area contributed by atoms with E-state index in [4.69, 9.17) is 5.10 Å². The highest BCUT2D eigenvalue weighted by atomic mass is 19.1. The van der Waals surface area contributed by atoms with Crippen LogP contribution in [-0.4, -0.2) is 25.3 Å². The van der Waals surface area contributed by atoms with Gasteiger partial charge in [0, 0.05) is 11.8 Å². The van der Waals surface area contributed by atoms with Gasteiger partial charge in [0.05, 0.1) is 35.3 Å². The molecule has 0 saturated carbocycles. The number of hydrogen-bond donors (Lipinski definition) is 1. The molecule has 2 amide bonds. The molecular formula is C30H26FN5O. The fraction of sp³-hybridized carbons (Fsp3) is 0.133. The third kappa shape index (κ3) is 3.98. The van der Waals surface area contributed by atoms with Crippen molar-refractivity contribution in [2.75, 3.05) is 5.32 Å². The maximum atomic E-state index is 14.5. The number of amides is 2. The summed E-state index contributed by atoms with van der Waals surface area (Å²) in [6.45, 7) is 4.30. The number of anilines is 1. The Bertz CT molecular complexity index is 1590. The molecule has 1 unspecified atom stereocenters. The van der Waals surface area contributed by atoms with Gasteiger partial charge in [-0.05, 0) is 55.8 Å². The summed E-state index contributed by atoms with van der Waals surface area (Å²) in [4.78, 5) is 15.6. The van der Waals surface area contributed by atoms with Gasteiger partial charge in [-0.2, -0.15) is 5.10 Å². The number of aromatic nitrogens is 3. The minimum absolute atomic E-state index is 0.145. The van der Waals surface area contributed by atoms with Gasteiger partial charge in [-0.25, -0.2) is 13.9 Å². The molecule has 0 aliphatic carbocycles. The third-order valence-electron chi connectivity index (χ3n) is 6.86. The molecule has 0 saturated heterocycles. The van der Waals surface area contributed by atoms with Crippen LogP contribution < -0.4 is 5.32 Å². The van der Waals surface area contributed by atoms with Gasteiger partial charge in [0.15, 0.2) is 0 Å². The highest BCUT2D eigenvalue weighted by Gasteiger charge is 2.36. The lowest BCUT2D eigenvalue weighted by atomic mass is 10.0. The van der Waals surface area contributed by atoms with Crippen molar-refractivity contribution in [1.29, 1.82) is 0 Å². The second-order valence-electron chi connectivity index (χ2n) is 9.29. The second kappa shape index (κ2) is 9.09. The van der Waals surface area contributed by atoms with Crippen LogP contribution in [0.2, 0.25) is 0 Å². The van der Waals surface area contributed by atoms with Crippen LogP contribution in [-0.2, 0) is 6.54 Å². The molecule has 5 aromatic rings. The van der Waals surface area contributed by atoms with Gasteiger partial charge in [-0.3, -0.25) is 0 Å². The average Bonchev–Trinajstić information content (AvgIpc) is 3.47. The zero-order valence-electron chi connectivity index (χ0n) is 20.6. The number of hydrogen-bond acceptors (Lipinski definition) is 2. The van der Waals surface area contributed by atoms with Gasteiger partial charge in [0.1, 0.15) is 11.6 Å². The molecule has 184 valence electrons. The van der Waals surface area contributed by atoms with Crippen molar-refractivity contribution in [3.8, 4) is 11.5 Å². The third-order valence-corrected chi connectivity index (χ3v) is 6.86. The van der Waals surface area contributed by atoms with E-state index in [9.17, 15) is 9.18 Å². The van der Waals surface area contributed by atoms with E-state index in [1.165, 1.54) is 6.07 Å². The summed E-state index contributed by atoms with van der Waals surface area (Å²) in [6.07, 6.45) is 2.01. The topological polar surface area (TPSA) is 55.1 Å². The second-order valence-corrected chi connectivity index (χ2v) is 9.29. The van der Waals surface area contributed by atoms with Gasteiger partial charge >= 0.3 is 6.03 Å². The standard InChI is InChI=1S/C30H26FN5O/c1-20-14-16-22(17-15-20)28-27-13-8-18-34(27)29-24(21(2)33-36(29)23-9-4-3-5-10-23)19-35(28)30(37)32-26-12-7-6-11-25(26)31/h3-18,28H,19H2,1-2H3,(H,32,37). The first-order valence-corrected chi connectivity index (χ1v) is 12.2. The van der Waals surface area contributed by atoms with Crippen LogP contribution in [0.25, 0.3) is 11.5 Å². The maximum absolute atomic E-state index is 14.5. The first-order chi connectivity index (χ1) is 18.0. The van der Waals surface area contributed by atoms with E-state index in [1.54, 1.807) is 23.1 Å². The Hall–Kier alpha value is -4.65. The molecule has 0 radical (unpaired) electrons. The summed E-state index contributed by atoms with van der Waals surface area (Å²) in [5, 5.41) is 7.67. The molecule has 1 aliphatic rings. The van der Waals surface area contributed by atoms with Crippen LogP contribution in [0.4, 0.5) is 14.9 Å². The summed E-state index contributed by atoms with van der Waals surface area (Å²) < 4.78 is 18.5. The Morgan fingerprint density at radius 2 is 1.65 bits per heavy atom. The lowest BCUT2D eigenvalue weighted by Gasteiger charge is -2.31. The lowest BCUT2D eigenvalue weighted by Crippen LogP contribution is -2.38. The van der Waals surface area contributed by atoms with E-state index in [0.717, 1.165) is 39.6 Å². The summed E-state index contributed by atoms with van der Waals surface area (Å²) in [6, 6.07) is 27.6. The number of aryl methyl sites for hydroxylation is 2. The van der Waals surface area contributed by atoms with Crippen molar-refractivity contribution in [2.45, 2.75) is 26.4 Å². The number of nitrogens with zero attached hydrogens (tertiary/aromatic N) is 4. The first kappa shape index (κ1) is 22.8. The number of carbonyl (C=O) groups excluding carboxylic acids is 1. The van der Waals surface area contributed by atoms with E-state index in [2.05, 4.69) is 9.88 Å². The molecule has 0 fully saturated rings. The molecular weight excluding hydrogens is 465 g/mol. The minimum atomic E-state index is -0.477. The smallest absolute Gasteiger partial charge is 0.307 e. The van der Waals surface area contributed by atoms with Crippen molar-refractivity contribution in [3.05, 3.63) is 131 Å². The molecule has 0 spiro atoms. The average molecular weight is 492 g/mol. The number of carbonyl (C=O) groups is 1. The van der Waals surface area contributed by atoms with Crippen LogP contribution in [0.15, 0.2) is 97.2 Å². The normalized spacial score (nSPS) is 14.6. The number of halogens is 1. The number of fused-ring (bicyclic) bond motifs is 3. The predicted molar refractivity (Wildman–Crippen MR) is 142 cm³/mol. The Morgan fingerprint density at radius 3 is 2.41 bits per heavy atom. The molecule has 3 heterocycles. The van der Waals surface area contributed by atoms with Crippen molar-refractivity contribution in [3.63, 3.8) is 0 Å². The van der Waals surface area contributed by atoms with Crippen molar-refractivity contribution in [2.24, 2.45) is 0 Å². The van der Waals surface area contributed by atoms with Gasteiger partial charge in [0.2, 0.25) is 0 Å². The number of benzene rings is 3. The molecule has 2 aromatic heterocycles. The van der Waals surface area contributed by atoms with Crippen molar-refractivity contribution < 1.29 is 9.18 Å². The monoisotopic (exact) mass is 491 g/mol. The van der Waals surface area contributed by atoms with E-state index in [-0.39, 0.29) is 11.7 Å². The molecule has 6 rings (SSSR count). The first-order valence-electron chi connectivity index (χ1n) is 12.2. The lowest BCUT2D eigenvalue weighted by molar-refractivity contribution is 0.194. The van der Waals surface area contributed by atoms with E-state index in [1.807, 2.05) is 91.5 Å². The van der Waals surface area contributed by atoms with Crippen LogP contribution >= 0.6 is 0 Å². The summed E-state index contributed by atoms with van der Waals surface area (Å²) in [5.41, 5.74) is 5.86. The van der Waals surface area contributed by atoms with E-state index < -0.39 is 11.9 Å². The summed E-state index contributed by atoms with van der Waals surface area (Å²) >= 11 is 0. The molecule has 7 heteroatoms. The number of urea groups is 1. The largest absolute Gasteiger partial charge is 0.323 e. The van der Waals surface area contributed by atoms with Gasteiger partial charge in [-0.1, -0.05) is 60.2 Å². The Morgan fingerprint density at radius 1 is 0.919 bits per heavy atom. The summed E-state index contributed by atoms with van der Waals surface area (Å²) in [7, 11) is 0. The fourth-order valence-electron chi connectivity index (χ4n) is 5.00. The Balaban J connectivity index is 1.54. The van der Waals surface area contributed by atoms with Gasteiger partial charge in [0.25, 0.3) is 0 Å². The molecule has 0 bridgehead atoms. The molecule has 1 N–H and O–H groups in total. The zero-order valence-corrected chi connectivity index (χ0v) is 20.6. The van der Waals surface area contributed by atoms with E-state index in [0.29, 0.717) is 6.54 Å². The molecule has 37 heavy (non-hydrogen) atoms. The highest BCUT2D eigenvalue weighted by molar-refractivity contribution is 5.90. The zero-order chi connectivity index (χ0) is 25.5. The maximum Gasteiger partial charge on any atom is 0.323 e. The number of rotatable bonds is 3. The quantitative estimate of drug-likeness (QED) is 0.311.